The Kier molecular flexibility index (Phi) is 5.67. The Balaban J connectivity index is 0.00000176. The van der Waals surface area contributed by atoms with Gasteiger partial charge in [0.05, 0.1) is 5.88 Å². The molecule has 2 N–H and O–H groups in total. The van der Waals surface area contributed by atoms with E-state index in [9.17, 15) is 9.59 Å². The lowest BCUT2D eigenvalue weighted by atomic mass is 9.84. The average molecular weight is 348 g/mol. The number of nitrogens with two attached hydrogens (primary N) is 1. The van der Waals surface area contributed by atoms with Crippen LogP contribution < -0.4 is 5.73 Å². The first-order valence-corrected chi connectivity index (χ1v) is 9.07. The molecule has 3 rings (SSSR count). The number of amides is 2. The Bertz CT molecular complexity index is 447. The molecule has 2 amide bonds. The lowest BCUT2D eigenvalue weighted by molar-refractivity contribution is -0.146. The second-order valence-corrected chi connectivity index (χ2v) is 7.98. The molecule has 0 aromatic rings. The van der Waals surface area contributed by atoms with Crippen molar-refractivity contribution in [1.82, 2.24) is 9.80 Å². The highest BCUT2D eigenvalue weighted by molar-refractivity contribution is 7.99. The summed E-state index contributed by atoms with van der Waals surface area (Å²) in [6.07, 6.45) is 4.11. The first-order valence-electron chi connectivity index (χ1n) is 7.91. The van der Waals surface area contributed by atoms with Crippen LogP contribution in [0.2, 0.25) is 0 Å². The summed E-state index contributed by atoms with van der Waals surface area (Å²) in [7, 11) is 0. The quantitative estimate of drug-likeness (QED) is 0.835. The molecule has 0 bridgehead atoms. The SMILES string of the molecule is CC1(CN)CCN(C(=O)C2CSCN2C(=O)C2CCC2)C1.Cl. The van der Waals surface area contributed by atoms with Gasteiger partial charge in [-0.3, -0.25) is 9.59 Å². The summed E-state index contributed by atoms with van der Waals surface area (Å²) < 4.78 is 0. The highest BCUT2D eigenvalue weighted by Gasteiger charge is 2.43. The predicted molar refractivity (Wildman–Crippen MR) is 90.9 cm³/mol. The summed E-state index contributed by atoms with van der Waals surface area (Å²) in [5.41, 5.74) is 5.86. The number of hydrogen-bond donors (Lipinski definition) is 1. The second-order valence-electron chi connectivity index (χ2n) is 6.98. The van der Waals surface area contributed by atoms with Crippen LogP contribution in [0, 0.1) is 11.3 Å². The first-order chi connectivity index (χ1) is 10.0. The minimum Gasteiger partial charge on any atom is -0.340 e. The molecule has 7 heteroatoms. The third kappa shape index (κ3) is 3.24. The number of nitrogens with zero attached hydrogens (tertiary/aromatic N) is 2. The largest absolute Gasteiger partial charge is 0.340 e. The molecule has 0 aromatic heterocycles. The monoisotopic (exact) mass is 347 g/mol. The molecular formula is C15H26ClN3O2S. The fourth-order valence-electron chi connectivity index (χ4n) is 3.34. The molecule has 3 aliphatic rings. The van der Waals surface area contributed by atoms with Crippen molar-refractivity contribution in [3.05, 3.63) is 0 Å². The number of thioether (sulfide) groups is 1. The standard InChI is InChI=1S/C15H25N3O2S.ClH/c1-15(8-16)5-6-17(9-15)14(20)12-7-21-10-18(12)13(19)11-3-2-4-11;/h11-12H,2-10,16H2,1H3;1H. The van der Waals surface area contributed by atoms with E-state index in [1.54, 1.807) is 11.8 Å². The van der Waals surface area contributed by atoms with Crippen LogP contribution in [0.3, 0.4) is 0 Å². The van der Waals surface area contributed by atoms with Gasteiger partial charge < -0.3 is 15.5 Å². The maximum absolute atomic E-state index is 12.8. The Morgan fingerprint density at radius 1 is 1.32 bits per heavy atom. The van der Waals surface area contributed by atoms with Gasteiger partial charge in [-0.25, -0.2) is 0 Å². The predicted octanol–water partition coefficient (Wildman–Crippen LogP) is 1.31. The fourth-order valence-corrected chi connectivity index (χ4v) is 4.50. The number of carbonyl (C=O) groups is 2. The van der Waals surface area contributed by atoms with Gasteiger partial charge in [0.2, 0.25) is 11.8 Å². The smallest absolute Gasteiger partial charge is 0.246 e. The van der Waals surface area contributed by atoms with Crippen LogP contribution >= 0.6 is 24.2 Å². The molecule has 22 heavy (non-hydrogen) atoms. The van der Waals surface area contributed by atoms with Crippen molar-refractivity contribution >= 4 is 36.0 Å². The van der Waals surface area contributed by atoms with Gasteiger partial charge in [-0.1, -0.05) is 13.3 Å². The van der Waals surface area contributed by atoms with Crippen LogP contribution in [-0.2, 0) is 9.59 Å². The minimum atomic E-state index is -0.247. The van der Waals surface area contributed by atoms with Crippen LogP contribution in [0.5, 0.6) is 0 Å². The molecule has 1 aliphatic carbocycles. The minimum absolute atomic E-state index is 0. The van der Waals surface area contributed by atoms with Crippen molar-refractivity contribution in [3.63, 3.8) is 0 Å². The van der Waals surface area contributed by atoms with Gasteiger partial charge >= 0.3 is 0 Å². The molecule has 0 spiro atoms. The van der Waals surface area contributed by atoms with Crippen LogP contribution in [0.15, 0.2) is 0 Å². The summed E-state index contributed by atoms with van der Waals surface area (Å²) >= 11 is 1.70. The molecule has 2 saturated heterocycles. The lowest BCUT2D eigenvalue weighted by Gasteiger charge is -2.33. The Morgan fingerprint density at radius 2 is 2.05 bits per heavy atom. The third-order valence-corrected chi connectivity index (χ3v) is 6.28. The van der Waals surface area contributed by atoms with Crippen molar-refractivity contribution in [2.75, 3.05) is 31.3 Å². The van der Waals surface area contributed by atoms with Crippen molar-refractivity contribution in [2.24, 2.45) is 17.1 Å². The van der Waals surface area contributed by atoms with E-state index in [1.165, 1.54) is 0 Å². The number of rotatable bonds is 3. The highest BCUT2D eigenvalue weighted by Crippen LogP contribution is 2.34. The molecular weight excluding hydrogens is 322 g/mol. The zero-order chi connectivity index (χ0) is 15.0. The summed E-state index contributed by atoms with van der Waals surface area (Å²) in [6.45, 7) is 4.26. The van der Waals surface area contributed by atoms with Gasteiger partial charge in [0, 0.05) is 24.8 Å². The Morgan fingerprint density at radius 3 is 2.59 bits per heavy atom. The molecule has 2 atom stereocenters. The van der Waals surface area contributed by atoms with Crippen molar-refractivity contribution in [1.29, 1.82) is 0 Å². The van der Waals surface area contributed by atoms with E-state index in [0.29, 0.717) is 12.4 Å². The second kappa shape index (κ2) is 6.97. The van der Waals surface area contributed by atoms with Crippen molar-refractivity contribution < 1.29 is 9.59 Å². The molecule has 3 fully saturated rings. The average Bonchev–Trinajstić information content (AvgIpc) is 3.03. The maximum Gasteiger partial charge on any atom is 0.246 e. The third-order valence-electron chi connectivity index (χ3n) is 5.27. The molecule has 2 aliphatic heterocycles. The molecule has 2 heterocycles. The Labute approximate surface area is 142 Å². The van der Waals surface area contributed by atoms with E-state index in [0.717, 1.165) is 44.5 Å². The van der Waals surface area contributed by atoms with E-state index in [1.807, 2.05) is 9.80 Å². The van der Waals surface area contributed by atoms with Gasteiger partial charge in [0.25, 0.3) is 0 Å². The van der Waals surface area contributed by atoms with Gasteiger partial charge in [-0.05, 0) is 31.2 Å². The van der Waals surface area contributed by atoms with E-state index >= 15 is 0 Å². The molecule has 0 radical (unpaired) electrons. The summed E-state index contributed by atoms with van der Waals surface area (Å²) in [6, 6.07) is -0.247. The number of hydrogen-bond acceptors (Lipinski definition) is 4. The maximum atomic E-state index is 12.8. The van der Waals surface area contributed by atoms with Gasteiger partial charge in [0.15, 0.2) is 0 Å². The normalized spacial score (nSPS) is 31.8. The van der Waals surface area contributed by atoms with E-state index in [-0.39, 0.29) is 41.6 Å². The van der Waals surface area contributed by atoms with Crippen LogP contribution in [-0.4, -0.2) is 58.9 Å². The van der Waals surface area contributed by atoms with Crippen molar-refractivity contribution in [2.45, 2.75) is 38.6 Å². The van der Waals surface area contributed by atoms with E-state index < -0.39 is 0 Å². The van der Waals surface area contributed by atoms with Crippen LogP contribution in [0.1, 0.15) is 32.6 Å². The molecule has 1 saturated carbocycles. The van der Waals surface area contributed by atoms with Crippen LogP contribution in [0.4, 0.5) is 0 Å². The fraction of sp³-hybridized carbons (Fsp3) is 0.867. The topological polar surface area (TPSA) is 66.6 Å². The number of halogens is 1. The summed E-state index contributed by atoms with van der Waals surface area (Å²) in [5.74, 6) is 1.92. The van der Waals surface area contributed by atoms with Crippen LogP contribution in [0.25, 0.3) is 0 Å². The number of carbonyl (C=O) groups excluding carboxylic acids is 2. The zero-order valence-corrected chi connectivity index (χ0v) is 14.8. The van der Waals surface area contributed by atoms with E-state index in [2.05, 4.69) is 6.92 Å². The summed E-state index contributed by atoms with van der Waals surface area (Å²) in [4.78, 5) is 29.0. The van der Waals surface area contributed by atoms with Gasteiger partial charge in [-0.15, -0.1) is 24.2 Å². The van der Waals surface area contributed by atoms with Crippen molar-refractivity contribution in [3.8, 4) is 0 Å². The molecule has 126 valence electrons. The molecule has 5 nitrogen and oxygen atoms in total. The van der Waals surface area contributed by atoms with Gasteiger partial charge in [-0.2, -0.15) is 0 Å². The highest BCUT2D eigenvalue weighted by atomic mass is 35.5. The lowest BCUT2D eigenvalue weighted by Crippen LogP contribution is -2.51. The summed E-state index contributed by atoms with van der Waals surface area (Å²) in [5, 5.41) is 0. The Hall–Kier alpha value is -0.460. The van der Waals surface area contributed by atoms with Gasteiger partial charge in [0.1, 0.15) is 6.04 Å². The zero-order valence-electron chi connectivity index (χ0n) is 13.1. The first kappa shape index (κ1) is 17.9. The van der Waals surface area contributed by atoms with E-state index in [4.69, 9.17) is 5.73 Å². The molecule has 0 aromatic carbocycles. The number of likely N-dealkylation sites (tertiary alicyclic amines) is 1. The molecule has 2 unspecified atom stereocenters.